The maximum atomic E-state index is 8.94. The van der Waals surface area contributed by atoms with Crippen LogP contribution in [0.2, 0.25) is 0 Å². The van der Waals surface area contributed by atoms with E-state index >= 15 is 0 Å². The highest BCUT2D eigenvalue weighted by molar-refractivity contribution is 5.32. The van der Waals surface area contributed by atoms with E-state index in [0.29, 0.717) is 6.42 Å². The molecule has 0 saturated carbocycles. The molecule has 3 rings (SSSR count). The minimum Gasteiger partial charge on any atom is -0.457 e. The third kappa shape index (κ3) is 4.37. The zero-order valence-electron chi connectivity index (χ0n) is 14.2. The lowest BCUT2D eigenvalue weighted by Crippen LogP contribution is -2.38. The van der Waals surface area contributed by atoms with Crippen LogP contribution in [0.1, 0.15) is 31.7 Å². The quantitative estimate of drug-likeness (QED) is 0.778. The van der Waals surface area contributed by atoms with Gasteiger partial charge in [0.05, 0.1) is 6.07 Å². The largest absolute Gasteiger partial charge is 0.457 e. The predicted octanol–water partition coefficient (Wildman–Crippen LogP) is 4.99. The van der Waals surface area contributed by atoms with Gasteiger partial charge in [-0.15, -0.1) is 0 Å². The van der Waals surface area contributed by atoms with E-state index in [4.69, 9.17) is 10.00 Å². The lowest BCUT2D eigenvalue weighted by Gasteiger charge is -2.38. The van der Waals surface area contributed by atoms with E-state index in [9.17, 15) is 0 Å². The van der Waals surface area contributed by atoms with Crippen molar-refractivity contribution < 1.29 is 4.74 Å². The van der Waals surface area contributed by atoms with Gasteiger partial charge in [-0.1, -0.05) is 37.3 Å². The molecule has 0 aromatic heterocycles. The van der Waals surface area contributed by atoms with Gasteiger partial charge in [-0.3, -0.25) is 4.90 Å². The van der Waals surface area contributed by atoms with Gasteiger partial charge in [0.2, 0.25) is 0 Å². The van der Waals surface area contributed by atoms with Gasteiger partial charge in [0, 0.05) is 13.0 Å². The van der Waals surface area contributed by atoms with Crippen LogP contribution in [-0.4, -0.2) is 18.0 Å². The van der Waals surface area contributed by atoms with Gasteiger partial charge in [0.25, 0.3) is 0 Å². The highest BCUT2D eigenvalue weighted by Crippen LogP contribution is 2.34. The molecule has 0 unspecified atom stereocenters. The van der Waals surface area contributed by atoms with E-state index in [1.165, 1.54) is 5.56 Å². The van der Waals surface area contributed by atoms with Gasteiger partial charge in [-0.2, -0.15) is 5.26 Å². The Morgan fingerprint density at radius 2 is 1.62 bits per heavy atom. The lowest BCUT2D eigenvalue weighted by molar-refractivity contribution is 0.116. The van der Waals surface area contributed by atoms with Crippen LogP contribution in [0.5, 0.6) is 11.5 Å². The standard InChI is InChI=1S/C21H24N2O/c1-21(11-14-22)12-15-23(16-13-21)17-18-7-9-20(10-8-18)24-19-5-3-2-4-6-19/h2-10H,11-13,15-17H2,1H3. The smallest absolute Gasteiger partial charge is 0.127 e. The van der Waals surface area contributed by atoms with Gasteiger partial charge in [-0.25, -0.2) is 0 Å². The van der Waals surface area contributed by atoms with Crippen LogP contribution in [0.3, 0.4) is 0 Å². The first kappa shape index (κ1) is 16.5. The molecule has 124 valence electrons. The Bertz CT molecular complexity index is 680. The molecular formula is C21H24N2O. The van der Waals surface area contributed by atoms with Crippen LogP contribution in [0, 0.1) is 16.7 Å². The maximum Gasteiger partial charge on any atom is 0.127 e. The van der Waals surface area contributed by atoms with E-state index in [1.807, 2.05) is 42.5 Å². The number of likely N-dealkylation sites (tertiary alicyclic amines) is 1. The van der Waals surface area contributed by atoms with Crippen LogP contribution < -0.4 is 4.74 Å². The van der Waals surface area contributed by atoms with Crippen molar-refractivity contribution in [2.75, 3.05) is 13.1 Å². The molecule has 0 amide bonds. The van der Waals surface area contributed by atoms with Crippen LogP contribution in [-0.2, 0) is 6.54 Å². The fourth-order valence-corrected chi connectivity index (χ4v) is 3.16. The molecule has 0 atom stereocenters. The molecule has 1 saturated heterocycles. The van der Waals surface area contributed by atoms with E-state index in [1.54, 1.807) is 0 Å². The van der Waals surface area contributed by atoms with Crippen LogP contribution in [0.15, 0.2) is 54.6 Å². The van der Waals surface area contributed by atoms with E-state index in [0.717, 1.165) is 44.0 Å². The molecule has 2 aromatic carbocycles. The fourth-order valence-electron chi connectivity index (χ4n) is 3.16. The van der Waals surface area contributed by atoms with Crippen molar-refractivity contribution >= 4 is 0 Å². The summed E-state index contributed by atoms with van der Waals surface area (Å²) in [4.78, 5) is 2.48. The second-order valence-electron chi connectivity index (χ2n) is 6.98. The molecule has 1 heterocycles. The Labute approximate surface area is 144 Å². The molecule has 0 radical (unpaired) electrons. The zero-order chi connectivity index (χ0) is 16.8. The molecule has 1 aliphatic heterocycles. The molecule has 0 bridgehead atoms. The zero-order valence-corrected chi connectivity index (χ0v) is 14.2. The van der Waals surface area contributed by atoms with Crippen molar-refractivity contribution in [2.24, 2.45) is 5.41 Å². The first-order valence-corrected chi connectivity index (χ1v) is 8.58. The normalized spacial score (nSPS) is 17.2. The Hall–Kier alpha value is -2.31. The van der Waals surface area contributed by atoms with Crippen LogP contribution >= 0.6 is 0 Å². The van der Waals surface area contributed by atoms with Gasteiger partial charge < -0.3 is 4.74 Å². The van der Waals surface area contributed by atoms with Crippen molar-refractivity contribution in [1.29, 1.82) is 5.26 Å². The summed E-state index contributed by atoms with van der Waals surface area (Å²) >= 11 is 0. The first-order chi connectivity index (χ1) is 11.7. The molecule has 3 heteroatoms. The molecule has 1 aliphatic rings. The molecule has 0 N–H and O–H groups in total. The van der Waals surface area contributed by atoms with E-state index in [-0.39, 0.29) is 5.41 Å². The van der Waals surface area contributed by atoms with Crippen molar-refractivity contribution in [3.8, 4) is 17.6 Å². The first-order valence-electron chi connectivity index (χ1n) is 8.58. The van der Waals surface area contributed by atoms with Gasteiger partial charge in [-0.05, 0) is 61.2 Å². The maximum absolute atomic E-state index is 8.94. The summed E-state index contributed by atoms with van der Waals surface area (Å²) in [5, 5.41) is 8.94. The minimum absolute atomic E-state index is 0.207. The second-order valence-corrected chi connectivity index (χ2v) is 6.98. The van der Waals surface area contributed by atoms with E-state index < -0.39 is 0 Å². The number of para-hydroxylation sites is 1. The molecule has 3 nitrogen and oxygen atoms in total. The number of ether oxygens (including phenoxy) is 1. The molecule has 0 aliphatic carbocycles. The lowest BCUT2D eigenvalue weighted by atomic mass is 9.78. The molecule has 24 heavy (non-hydrogen) atoms. The Morgan fingerprint density at radius 1 is 1.00 bits per heavy atom. The SMILES string of the molecule is CC1(CC#N)CCN(Cc2ccc(Oc3ccccc3)cc2)CC1. The molecular weight excluding hydrogens is 296 g/mol. The summed E-state index contributed by atoms with van der Waals surface area (Å²) in [7, 11) is 0. The van der Waals surface area contributed by atoms with Crippen molar-refractivity contribution in [2.45, 2.75) is 32.7 Å². The summed E-state index contributed by atoms with van der Waals surface area (Å²) in [5.41, 5.74) is 1.51. The van der Waals surface area contributed by atoms with Crippen molar-refractivity contribution in [1.82, 2.24) is 4.90 Å². The number of nitriles is 1. The van der Waals surface area contributed by atoms with Gasteiger partial charge >= 0.3 is 0 Å². The summed E-state index contributed by atoms with van der Waals surface area (Å²) in [6, 6.07) is 20.5. The average molecular weight is 320 g/mol. The topological polar surface area (TPSA) is 36.3 Å². The van der Waals surface area contributed by atoms with Gasteiger partial charge in [0.1, 0.15) is 11.5 Å². The van der Waals surface area contributed by atoms with Gasteiger partial charge in [0.15, 0.2) is 0 Å². The van der Waals surface area contributed by atoms with Crippen molar-refractivity contribution in [3.05, 3.63) is 60.2 Å². The van der Waals surface area contributed by atoms with E-state index in [2.05, 4.69) is 30.0 Å². The average Bonchev–Trinajstić information content (AvgIpc) is 2.60. The monoisotopic (exact) mass is 320 g/mol. The minimum atomic E-state index is 0.207. The second kappa shape index (κ2) is 7.51. The van der Waals surface area contributed by atoms with Crippen LogP contribution in [0.25, 0.3) is 0 Å². The predicted molar refractivity (Wildman–Crippen MR) is 95.8 cm³/mol. The Morgan fingerprint density at radius 3 is 2.25 bits per heavy atom. The number of hydrogen-bond acceptors (Lipinski definition) is 3. The van der Waals surface area contributed by atoms with Crippen LogP contribution in [0.4, 0.5) is 0 Å². The number of rotatable bonds is 5. The number of nitrogens with zero attached hydrogens (tertiary/aromatic N) is 2. The Kier molecular flexibility index (Phi) is 5.17. The molecule has 1 fully saturated rings. The third-order valence-corrected chi connectivity index (χ3v) is 4.88. The summed E-state index contributed by atoms with van der Waals surface area (Å²) < 4.78 is 5.83. The number of hydrogen-bond donors (Lipinski definition) is 0. The number of piperidine rings is 1. The summed E-state index contributed by atoms with van der Waals surface area (Å²) in [5.74, 6) is 1.73. The number of benzene rings is 2. The summed E-state index contributed by atoms with van der Waals surface area (Å²) in [6.45, 7) is 5.35. The highest BCUT2D eigenvalue weighted by atomic mass is 16.5. The Balaban J connectivity index is 1.53. The fraction of sp³-hybridized carbons (Fsp3) is 0.381. The molecule has 0 spiro atoms. The summed E-state index contributed by atoms with van der Waals surface area (Å²) in [6.07, 6.45) is 2.89. The third-order valence-electron chi connectivity index (χ3n) is 4.88. The molecule has 2 aromatic rings. The highest BCUT2D eigenvalue weighted by Gasteiger charge is 2.29. The van der Waals surface area contributed by atoms with Crippen molar-refractivity contribution in [3.63, 3.8) is 0 Å².